The van der Waals surface area contributed by atoms with Gasteiger partial charge in [-0.3, -0.25) is 14.4 Å². The summed E-state index contributed by atoms with van der Waals surface area (Å²) in [7, 11) is 0. The van der Waals surface area contributed by atoms with Gasteiger partial charge in [-0.15, -0.1) is 0 Å². The van der Waals surface area contributed by atoms with Gasteiger partial charge in [0, 0.05) is 19.3 Å². The second kappa shape index (κ2) is 70.0. The predicted octanol–water partition coefficient (Wildman–Crippen LogP) is 24.1. The predicted molar refractivity (Wildman–Crippen MR) is 362 cm³/mol. The van der Waals surface area contributed by atoms with Crippen LogP contribution >= 0.6 is 0 Å². The summed E-state index contributed by atoms with van der Waals surface area (Å²) in [5.41, 5.74) is 0. The molecule has 0 aromatic rings. The average molecular weight is 1150 g/mol. The molecular weight excluding hydrogens is 1020 g/mol. The molecule has 83 heavy (non-hydrogen) atoms. The van der Waals surface area contributed by atoms with Crippen LogP contribution < -0.4 is 0 Å². The molecule has 0 fully saturated rings. The van der Waals surface area contributed by atoms with Crippen molar-refractivity contribution in [2.45, 2.75) is 322 Å². The molecule has 0 aliphatic heterocycles. The summed E-state index contributed by atoms with van der Waals surface area (Å²) in [6.07, 6.45) is 99.5. The number of esters is 3. The highest BCUT2D eigenvalue weighted by molar-refractivity contribution is 5.71. The molecule has 0 saturated heterocycles. The van der Waals surface area contributed by atoms with E-state index in [0.717, 1.165) is 141 Å². The summed E-state index contributed by atoms with van der Waals surface area (Å²) < 4.78 is 16.8. The maximum absolute atomic E-state index is 12.9. The van der Waals surface area contributed by atoms with Crippen molar-refractivity contribution in [3.63, 3.8) is 0 Å². The summed E-state index contributed by atoms with van der Waals surface area (Å²) in [4.78, 5) is 38.0. The Labute approximate surface area is 513 Å². The number of allylic oxidation sites excluding steroid dienone is 22. The van der Waals surface area contributed by atoms with Crippen LogP contribution in [0.5, 0.6) is 0 Å². The van der Waals surface area contributed by atoms with Gasteiger partial charge in [-0.2, -0.15) is 0 Å². The summed E-state index contributed by atoms with van der Waals surface area (Å²) in [5, 5.41) is 0. The van der Waals surface area contributed by atoms with Crippen LogP contribution in [0.15, 0.2) is 134 Å². The van der Waals surface area contributed by atoms with Gasteiger partial charge in [0.2, 0.25) is 0 Å². The van der Waals surface area contributed by atoms with E-state index >= 15 is 0 Å². The molecule has 6 nitrogen and oxygen atoms in total. The van der Waals surface area contributed by atoms with E-state index in [1.807, 2.05) is 0 Å². The van der Waals surface area contributed by atoms with E-state index in [1.165, 1.54) is 135 Å². The molecule has 0 spiro atoms. The van der Waals surface area contributed by atoms with Crippen LogP contribution in [-0.4, -0.2) is 37.2 Å². The smallest absolute Gasteiger partial charge is 0.306 e. The minimum atomic E-state index is -0.780. The van der Waals surface area contributed by atoms with Crippen molar-refractivity contribution in [3.05, 3.63) is 134 Å². The van der Waals surface area contributed by atoms with Crippen LogP contribution in [0.25, 0.3) is 0 Å². The van der Waals surface area contributed by atoms with Gasteiger partial charge < -0.3 is 14.2 Å². The van der Waals surface area contributed by atoms with Crippen LogP contribution in [-0.2, 0) is 28.6 Å². The Balaban J connectivity index is 4.03. The molecule has 0 aromatic heterocycles. The summed E-state index contributed by atoms with van der Waals surface area (Å²) >= 11 is 0. The molecule has 0 amide bonds. The van der Waals surface area contributed by atoms with Crippen LogP contribution in [0.3, 0.4) is 0 Å². The molecule has 0 bridgehead atoms. The Bertz CT molecular complexity index is 1750. The minimum Gasteiger partial charge on any atom is -0.462 e. The van der Waals surface area contributed by atoms with Crippen LogP contribution in [0.4, 0.5) is 0 Å². The number of hydrogen-bond acceptors (Lipinski definition) is 6. The van der Waals surface area contributed by atoms with Gasteiger partial charge in [0.25, 0.3) is 0 Å². The van der Waals surface area contributed by atoms with E-state index in [1.54, 1.807) is 0 Å². The van der Waals surface area contributed by atoms with Gasteiger partial charge >= 0.3 is 17.9 Å². The van der Waals surface area contributed by atoms with Gasteiger partial charge in [0.05, 0.1) is 0 Å². The van der Waals surface area contributed by atoms with Crippen LogP contribution in [0, 0.1) is 0 Å². The SMILES string of the molecule is CC/C=C\C/C=C\C/C=C\C/C=C\C/C=C\C/C=C\C/C=C\CCCCCCCCCCCC(=O)OCC(COC(=O)CCCCCCC)OC(=O)CCCCCCCCCCCCCCCCCC/C=C\C/C=C\C/C=C\C/C=C\CC. The molecular formula is C77H128O6. The van der Waals surface area contributed by atoms with Crippen molar-refractivity contribution >= 4 is 17.9 Å². The van der Waals surface area contributed by atoms with Crippen molar-refractivity contribution in [1.82, 2.24) is 0 Å². The quantitative estimate of drug-likeness (QED) is 0.0261. The second-order valence-electron chi connectivity index (χ2n) is 22.7. The highest BCUT2D eigenvalue weighted by atomic mass is 16.6. The van der Waals surface area contributed by atoms with Gasteiger partial charge in [-0.25, -0.2) is 0 Å². The molecule has 0 heterocycles. The molecule has 1 atom stereocenters. The van der Waals surface area contributed by atoms with E-state index in [2.05, 4.69) is 154 Å². The maximum Gasteiger partial charge on any atom is 0.306 e. The number of ether oxygens (including phenoxy) is 3. The van der Waals surface area contributed by atoms with Crippen molar-refractivity contribution in [2.24, 2.45) is 0 Å². The zero-order chi connectivity index (χ0) is 59.9. The Morgan fingerprint density at radius 1 is 0.253 bits per heavy atom. The van der Waals surface area contributed by atoms with E-state index < -0.39 is 6.10 Å². The first-order valence-corrected chi connectivity index (χ1v) is 34.7. The molecule has 0 aliphatic rings. The average Bonchev–Trinajstić information content (AvgIpc) is 3.49. The number of unbranched alkanes of at least 4 members (excludes halogenated alkanes) is 29. The second-order valence-corrected chi connectivity index (χ2v) is 22.7. The Hall–Kier alpha value is -4.45. The monoisotopic (exact) mass is 1150 g/mol. The molecule has 6 heteroatoms. The Kier molecular flexibility index (Phi) is 66.3. The lowest BCUT2D eigenvalue weighted by Gasteiger charge is -2.18. The Morgan fingerprint density at radius 3 is 0.735 bits per heavy atom. The summed E-state index contributed by atoms with van der Waals surface area (Å²) in [6, 6.07) is 0. The van der Waals surface area contributed by atoms with Crippen molar-refractivity contribution in [1.29, 1.82) is 0 Å². The molecule has 0 radical (unpaired) electrons. The zero-order valence-electron chi connectivity index (χ0n) is 54.2. The molecule has 0 aliphatic carbocycles. The minimum absolute atomic E-state index is 0.0806. The third kappa shape index (κ3) is 68.2. The molecule has 0 aromatic carbocycles. The van der Waals surface area contributed by atoms with Crippen LogP contribution in [0.2, 0.25) is 0 Å². The lowest BCUT2D eigenvalue weighted by molar-refractivity contribution is -0.167. The third-order valence-corrected chi connectivity index (χ3v) is 14.7. The number of carbonyl (C=O) groups excluding carboxylic acids is 3. The largest absolute Gasteiger partial charge is 0.462 e. The first kappa shape index (κ1) is 78.5. The van der Waals surface area contributed by atoms with Gasteiger partial charge in [0.1, 0.15) is 13.2 Å². The van der Waals surface area contributed by atoms with E-state index in [4.69, 9.17) is 14.2 Å². The van der Waals surface area contributed by atoms with E-state index in [-0.39, 0.29) is 31.1 Å². The highest BCUT2D eigenvalue weighted by Gasteiger charge is 2.19. The fourth-order valence-corrected chi connectivity index (χ4v) is 9.53. The number of carbonyl (C=O) groups is 3. The maximum atomic E-state index is 12.9. The highest BCUT2D eigenvalue weighted by Crippen LogP contribution is 2.17. The molecule has 0 N–H and O–H groups in total. The van der Waals surface area contributed by atoms with Crippen molar-refractivity contribution in [3.8, 4) is 0 Å². The summed E-state index contributed by atoms with van der Waals surface area (Å²) in [5.74, 6) is -0.894. The van der Waals surface area contributed by atoms with Gasteiger partial charge in [0.15, 0.2) is 6.10 Å². The summed E-state index contributed by atoms with van der Waals surface area (Å²) in [6.45, 7) is 6.34. The lowest BCUT2D eigenvalue weighted by atomic mass is 10.0. The Morgan fingerprint density at radius 2 is 0.470 bits per heavy atom. The van der Waals surface area contributed by atoms with Gasteiger partial charge in [-0.05, 0) is 116 Å². The molecule has 0 rings (SSSR count). The fraction of sp³-hybridized carbons (Fsp3) is 0.675. The molecule has 472 valence electrons. The molecule has 1 unspecified atom stereocenters. The van der Waals surface area contributed by atoms with E-state index in [9.17, 15) is 14.4 Å². The van der Waals surface area contributed by atoms with Gasteiger partial charge in [-0.1, -0.05) is 315 Å². The fourth-order valence-electron chi connectivity index (χ4n) is 9.53. The van der Waals surface area contributed by atoms with Crippen molar-refractivity contribution < 1.29 is 28.6 Å². The van der Waals surface area contributed by atoms with E-state index in [0.29, 0.717) is 19.3 Å². The third-order valence-electron chi connectivity index (χ3n) is 14.7. The van der Waals surface area contributed by atoms with Crippen molar-refractivity contribution in [2.75, 3.05) is 13.2 Å². The first-order valence-electron chi connectivity index (χ1n) is 34.7. The standard InChI is InChI=1S/C77H128O6/c1-4-7-10-13-15-17-19-21-23-25-27-29-31-33-35-37-38-40-41-43-45-47-49-51-53-55-57-59-61-64-67-70-76(79)82-73-74(72-81-75(78)69-66-63-12-9-6-3)83-77(80)71-68-65-62-60-58-56-54-52-50-48-46-44-42-39-36-34-32-30-28-26-24-22-20-18-16-14-11-8-5-2/h7-8,10-11,15-18,21-24,27-30,33,35,38,40,43,45,74H,4-6,9,12-14,19-20,25-26,31-32,34,36-37,39,41-42,44,46-73H2,1-3H3/b10-7-,11-8-,17-15-,18-16-,23-21-,24-22-,29-27-,30-28-,35-33-,40-38-,45-43-. The molecule has 0 saturated carbocycles. The number of rotatable bonds is 62. The normalized spacial score (nSPS) is 13.0. The lowest BCUT2D eigenvalue weighted by Crippen LogP contribution is -2.30. The first-order chi connectivity index (χ1) is 41.0. The zero-order valence-corrected chi connectivity index (χ0v) is 54.2. The van der Waals surface area contributed by atoms with Crippen LogP contribution in [0.1, 0.15) is 316 Å². The topological polar surface area (TPSA) is 78.9 Å². The number of hydrogen-bond donors (Lipinski definition) is 0.